The Kier molecular flexibility index (Phi) is 5.21. The minimum atomic E-state index is -0.430. The molecule has 3 aliphatic rings. The van der Waals surface area contributed by atoms with Gasteiger partial charge in [-0.1, -0.05) is 49.9 Å². The average Bonchev–Trinajstić information content (AvgIpc) is 3.42. The molecule has 8 heteroatoms. The van der Waals surface area contributed by atoms with Crippen LogP contribution in [0.15, 0.2) is 29.4 Å². The van der Waals surface area contributed by atoms with Gasteiger partial charge >= 0.3 is 0 Å². The standard InChI is InChI=1S/C22H28N4O3S/c1-14(2)16-4-6-17(7-5-16)18(19-20(27)26-21(30-19)23-15(3)24-26)25-10-8-22(9-11-25)28-12-13-29-22/h4-7,14,18-19H,8-13H2,1-3H3. The van der Waals surface area contributed by atoms with Gasteiger partial charge in [-0.15, -0.1) is 5.10 Å². The zero-order valence-corrected chi connectivity index (χ0v) is 18.5. The van der Waals surface area contributed by atoms with E-state index in [1.54, 1.807) is 0 Å². The number of aryl methyl sites for hydroxylation is 1. The molecule has 4 heterocycles. The molecule has 0 bridgehead atoms. The van der Waals surface area contributed by atoms with E-state index in [4.69, 9.17) is 9.47 Å². The maximum absolute atomic E-state index is 13.3. The van der Waals surface area contributed by atoms with Crippen LogP contribution in [-0.2, 0) is 9.47 Å². The summed E-state index contributed by atoms with van der Waals surface area (Å²) < 4.78 is 13.3. The van der Waals surface area contributed by atoms with Crippen molar-refractivity contribution in [1.82, 2.24) is 19.7 Å². The van der Waals surface area contributed by atoms with Crippen LogP contribution in [0.4, 0.5) is 0 Å². The number of ether oxygens (including phenoxy) is 2. The Morgan fingerprint density at radius 1 is 1.10 bits per heavy atom. The number of hydrogen-bond acceptors (Lipinski definition) is 7. The Morgan fingerprint density at radius 3 is 2.33 bits per heavy atom. The van der Waals surface area contributed by atoms with E-state index in [2.05, 4.69) is 53.1 Å². The molecular formula is C22H28N4O3S. The predicted molar refractivity (Wildman–Crippen MR) is 114 cm³/mol. The van der Waals surface area contributed by atoms with Gasteiger partial charge in [0, 0.05) is 25.9 Å². The van der Waals surface area contributed by atoms with Crippen LogP contribution in [0.25, 0.3) is 0 Å². The van der Waals surface area contributed by atoms with Crippen molar-refractivity contribution >= 4 is 17.7 Å². The number of aromatic nitrogens is 3. The highest BCUT2D eigenvalue weighted by Gasteiger charge is 2.46. The second-order valence-corrected chi connectivity index (χ2v) is 9.75. The molecule has 160 valence electrons. The molecule has 2 atom stereocenters. The summed E-state index contributed by atoms with van der Waals surface area (Å²) in [4.78, 5) is 20.1. The largest absolute Gasteiger partial charge is 0.347 e. The lowest BCUT2D eigenvalue weighted by Crippen LogP contribution is -2.49. The first-order valence-electron chi connectivity index (χ1n) is 10.7. The number of nitrogens with zero attached hydrogens (tertiary/aromatic N) is 4. The lowest BCUT2D eigenvalue weighted by atomic mass is 9.93. The van der Waals surface area contributed by atoms with E-state index < -0.39 is 5.79 Å². The fourth-order valence-corrected chi connectivity index (χ4v) is 5.98. The van der Waals surface area contributed by atoms with Gasteiger partial charge in [0.2, 0.25) is 0 Å². The maximum Gasteiger partial charge on any atom is 0.264 e. The Morgan fingerprint density at radius 2 is 1.73 bits per heavy atom. The summed E-state index contributed by atoms with van der Waals surface area (Å²) in [7, 11) is 0. The monoisotopic (exact) mass is 428 g/mol. The molecule has 1 aromatic heterocycles. The van der Waals surface area contributed by atoms with Gasteiger partial charge in [-0.2, -0.15) is 4.68 Å². The van der Waals surface area contributed by atoms with E-state index in [1.165, 1.54) is 22.0 Å². The highest BCUT2D eigenvalue weighted by atomic mass is 32.2. The fourth-order valence-electron chi connectivity index (χ4n) is 4.68. The molecule has 5 rings (SSSR count). The lowest BCUT2D eigenvalue weighted by molar-refractivity contribution is -0.187. The first kappa shape index (κ1) is 20.2. The van der Waals surface area contributed by atoms with Crippen molar-refractivity contribution in [2.24, 2.45) is 0 Å². The van der Waals surface area contributed by atoms with Crippen molar-refractivity contribution in [2.45, 2.75) is 61.8 Å². The Balaban J connectivity index is 1.44. The van der Waals surface area contributed by atoms with Crippen molar-refractivity contribution in [3.63, 3.8) is 0 Å². The molecule has 0 aliphatic carbocycles. The van der Waals surface area contributed by atoms with Crippen LogP contribution in [0.1, 0.15) is 60.4 Å². The molecule has 0 amide bonds. The molecule has 1 aromatic carbocycles. The van der Waals surface area contributed by atoms with Gasteiger partial charge in [-0.05, 0) is 24.0 Å². The normalized spacial score (nSPS) is 24.7. The van der Waals surface area contributed by atoms with E-state index in [9.17, 15) is 4.79 Å². The number of carbonyl (C=O) groups is 1. The molecule has 2 saturated heterocycles. The van der Waals surface area contributed by atoms with E-state index >= 15 is 0 Å². The van der Waals surface area contributed by atoms with Crippen LogP contribution in [0, 0.1) is 6.92 Å². The molecule has 2 fully saturated rings. The zero-order valence-electron chi connectivity index (χ0n) is 17.7. The highest BCUT2D eigenvalue weighted by molar-refractivity contribution is 8.00. The number of rotatable bonds is 4. The van der Waals surface area contributed by atoms with E-state index in [-0.39, 0.29) is 17.2 Å². The quantitative estimate of drug-likeness (QED) is 0.739. The first-order chi connectivity index (χ1) is 14.5. The summed E-state index contributed by atoms with van der Waals surface area (Å²) in [5, 5.41) is 4.75. The van der Waals surface area contributed by atoms with Crippen molar-refractivity contribution in [3.8, 4) is 0 Å². The molecule has 0 radical (unpaired) electrons. The van der Waals surface area contributed by atoms with Crippen molar-refractivity contribution < 1.29 is 14.3 Å². The number of piperidine rings is 1. The molecule has 7 nitrogen and oxygen atoms in total. The highest BCUT2D eigenvalue weighted by Crippen LogP contribution is 2.43. The molecule has 2 unspecified atom stereocenters. The van der Waals surface area contributed by atoms with Crippen molar-refractivity contribution in [1.29, 1.82) is 0 Å². The number of benzene rings is 1. The second-order valence-electron chi connectivity index (χ2n) is 8.64. The minimum absolute atomic E-state index is 0.0159. The number of fused-ring (bicyclic) bond motifs is 1. The summed E-state index contributed by atoms with van der Waals surface area (Å²) >= 11 is 1.53. The summed E-state index contributed by atoms with van der Waals surface area (Å²) in [5.41, 5.74) is 2.47. The van der Waals surface area contributed by atoms with Gasteiger partial charge in [-0.3, -0.25) is 9.69 Å². The van der Waals surface area contributed by atoms with Crippen molar-refractivity contribution in [3.05, 3.63) is 41.2 Å². The van der Waals surface area contributed by atoms with E-state index in [0.29, 0.717) is 30.1 Å². The second kappa shape index (κ2) is 7.75. The molecule has 2 aromatic rings. The average molecular weight is 429 g/mol. The molecule has 30 heavy (non-hydrogen) atoms. The Labute approximate surface area is 181 Å². The van der Waals surface area contributed by atoms with Crippen LogP contribution < -0.4 is 0 Å². The topological polar surface area (TPSA) is 69.5 Å². The zero-order chi connectivity index (χ0) is 20.9. The number of hydrogen-bond donors (Lipinski definition) is 0. The van der Waals surface area contributed by atoms with Crippen LogP contribution in [0.3, 0.4) is 0 Å². The maximum atomic E-state index is 13.3. The van der Waals surface area contributed by atoms with Gasteiger partial charge in [0.05, 0.1) is 19.3 Å². The smallest absolute Gasteiger partial charge is 0.264 e. The predicted octanol–water partition coefficient (Wildman–Crippen LogP) is 3.40. The van der Waals surface area contributed by atoms with Gasteiger partial charge < -0.3 is 9.47 Å². The number of likely N-dealkylation sites (tertiary alicyclic amines) is 1. The van der Waals surface area contributed by atoms with E-state index in [0.717, 1.165) is 31.5 Å². The minimum Gasteiger partial charge on any atom is -0.347 e. The summed E-state index contributed by atoms with van der Waals surface area (Å²) in [6, 6.07) is 8.70. The van der Waals surface area contributed by atoms with Crippen LogP contribution >= 0.6 is 11.8 Å². The molecule has 3 aliphatic heterocycles. The van der Waals surface area contributed by atoms with Gasteiger partial charge in [0.25, 0.3) is 5.91 Å². The van der Waals surface area contributed by atoms with E-state index in [1.807, 2.05) is 6.92 Å². The SMILES string of the molecule is Cc1nc2n(n1)C(=O)C(C(c1ccc(C(C)C)cc1)N1CCC3(CC1)OCCO3)S2. The number of carbonyl (C=O) groups excluding carboxylic acids is 1. The summed E-state index contributed by atoms with van der Waals surface area (Å²) in [5.74, 6) is 0.698. The molecular weight excluding hydrogens is 400 g/mol. The third-order valence-electron chi connectivity index (χ3n) is 6.37. The van der Waals surface area contributed by atoms with Crippen molar-refractivity contribution in [2.75, 3.05) is 26.3 Å². The molecule has 0 N–H and O–H groups in total. The van der Waals surface area contributed by atoms with Crippen LogP contribution in [-0.4, -0.2) is 62.9 Å². The van der Waals surface area contributed by atoms with Crippen LogP contribution in [0.5, 0.6) is 0 Å². The third-order valence-corrected chi connectivity index (χ3v) is 7.55. The summed E-state index contributed by atoms with van der Waals surface area (Å²) in [6.45, 7) is 9.21. The van der Waals surface area contributed by atoms with Crippen LogP contribution in [0.2, 0.25) is 0 Å². The molecule has 0 saturated carbocycles. The third kappa shape index (κ3) is 3.49. The van der Waals surface area contributed by atoms with Gasteiger partial charge in [-0.25, -0.2) is 4.98 Å². The lowest BCUT2D eigenvalue weighted by Gasteiger charge is -2.42. The Hall–Kier alpha value is -1.74. The Bertz CT molecular complexity index is 926. The van der Waals surface area contributed by atoms with Gasteiger partial charge in [0.15, 0.2) is 10.9 Å². The fraction of sp³-hybridized carbons (Fsp3) is 0.591. The number of thioether (sulfide) groups is 1. The van der Waals surface area contributed by atoms with Gasteiger partial charge in [0.1, 0.15) is 11.1 Å². The summed E-state index contributed by atoms with van der Waals surface area (Å²) in [6.07, 6.45) is 1.64. The molecule has 1 spiro atoms. The first-order valence-corrected chi connectivity index (χ1v) is 11.6.